The molecule has 0 aliphatic carbocycles. The molecule has 2 aromatic rings. The molecule has 3 rings (SSSR count). The molecule has 1 aliphatic heterocycles. The molecule has 29 heavy (non-hydrogen) atoms. The largest absolute Gasteiger partial charge is 0.488 e. The van der Waals surface area contributed by atoms with Crippen molar-refractivity contribution in [2.45, 2.75) is 32.5 Å². The number of aromatic nitrogens is 2. The van der Waals surface area contributed by atoms with Crippen LogP contribution in [0, 0.1) is 5.41 Å². The third kappa shape index (κ3) is 5.21. The summed E-state index contributed by atoms with van der Waals surface area (Å²) in [6, 6.07) is 7.12. The number of anilines is 2. The van der Waals surface area contributed by atoms with Gasteiger partial charge in [0.15, 0.2) is 0 Å². The van der Waals surface area contributed by atoms with Gasteiger partial charge in [-0.05, 0) is 39.0 Å². The van der Waals surface area contributed by atoms with Gasteiger partial charge in [0.2, 0.25) is 0 Å². The van der Waals surface area contributed by atoms with Crippen molar-refractivity contribution in [1.29, 1.82) is 5.41 Å². The molecule has 1 aromatic carbocycles. The summed E-state index contributed by atoms with van der Waals surface area (Å²) in [6.45, 7) is 8.61. The van der Waals surface area contributed by atoms with E-state index in [0.717, 1.165) is 18.9 Å². The molecule has 1 saturated heterocycles. The highest BCUT2D eigenvalue weighted by atomic mass is 16.5. The lowest BCUT2D eigenvalue weighted by atomic mass is 10.0. The summed E-state index contributed by atoms with van der Waals surface area (Å²) in [5, 5.41) is 8.67. The van der Waals surface area contributed by atoms with Crippen LogP contribution in [0.3, 0.4) is 0 Å². The normalized spacial score (nSPS) is 17.0. The first-order valence-electron chi connectivity index (χ1n) is 9.64. The Hall–Kier alpha value is -2.71. The highest BCUT2D eigenvalue weighted by molar-refractivity contribution is 6.13. The molecule has 0 saturated carbocycles. The van der Waals surface area contributed by atoms with Crippen molar-refractivity contribution in [3.63, 3.8) is 0 Å². The molecule has 3 N–H and O–H groups in total. The lowest BCUT2D eigenvalue weighted by Gasteiger charge is -2.38. The average Bonchev–Trinajstić information content (AvgIpc) is 2.68. The lowest BCUT2D eigenvalue weighted by molar-refractivity contribution is -0.0279. The maximum atomic E-state index is 8.67. The van der Waals surface area contributed by atoms with E-state index in [1.165, 1.54) is 6.33 Å². The van der Waals surface area contributed by atoms with Crippen molar-refractivity contribution in [3.05, 3.63) is 41.9 Å². The van der Waals surface area contributed by atoms with Crippen LogP contribution in [0.5, 0.6) is 5.75 Å². The zero-order chi connectivity index (χ0) is 21.0. The summed E-state index contributed by atoms with van der Waals surface area (Å²) >= 11 is 0. The first-order valence-corrected chi connectivity index (χ1v) is 9.64. The highest BCUT2D eigenvalue weighted by Gasteiger charge is 2.28. The van der Waals surface area contributed by atoms with Crippen LogP contribution in [-0.2, 0) is 9.47 Å². The number of rotatable bonds is 7. The van der Waals surface area contributed by atoms with Crippen LogP contribution in [0.2, 0.25) is 0 Å². The number of hydrogen-bond donors (Lipinski definition) is 2. The molecule has 1 aliphatic rings. The van der Waals surface area contributed by atoms with Gasteiger partial charge >= 0.3 is 0 Å². The molecular weight excluding hydrogens is 370 g/mol. The number of nitrogens with one attached hydrogen (secondary N) is 1. The van der Waals surface area contributed by atoms with Crippen molar-refractivity contribution in [1.82, 2.24) is 9.97 Å². The minimum Gasteiger partial charge on any atom is -0.488 e. The second-order valence-corrected chi connectivity index (χ2v) is 7.80. The fraction of sp³-hybridized carbons (Fsp3) is 0.476. The Bertz CT molecular complexity index is 871. The van der Waals surface area contributed by atoms with Gasteiger partial charge in [-0.3, -0.25) is 5.41 Å². The molecule has 0 spiro atoms. The van der Waals surface area contributed by atoms with E-state index >= 15 is 0 Å². The van der Waals surface area contributed by atoms with E-state index in [9.17, 15) is 0 Å². The fourth-order valence-electron chi connectivity index (χ4n) is 3.33. The second-order valence-electron chi connectivity index (χ2n) is 7.80. The Kier molecular flexibility index (Phi) is 6.34. The third-order valence-electron chi connectivity index (χ3n) is 4.69. The van der Waals surface area contributed by atoms with Gasteiger partial charge in [-0.2, -0.15) is 0 Å². The number of nitrogens with two attached hydrogens (primary N) is 1. The average molecular weight is 399 g/mol. The van der Waals surface area contributed by atoms with Gasteiger partial charge in [0.05, 0.1) is 30.2 Å². The molecule has 8 heteroatoms. The van der Waals surface area contributed by atoms with E-state index in [1.54, 1.807) is 25.3 Å². The van der Waals surface area contributed by atoms with Gasteiger partial charge in [-0.15, -0.1) is 0 Å². The summed E-state index contributed by atoms with van der Waals surface area (Å²) < 4.78 is 16.7. The Morgan fingerprint density at radius 3 is 2.86 bits per heavy atom. The number of benzene rings is 1. The van der Waals surface area contributed by atoms with Gasteiger partial charge in [0.1, 0.15) is 24.0 Å². The number of morpholine rings is 1. The molecular formula is C21H29N5O3. The number of methoxy groups -OCH3 is 1. The smallest absolute Gasteiger partial charge is 0.132 e. The topological polar surface area (TPSA) is 107 Å². The van der Waals surface area contributed by atoms with Crippen LogP contribution >= 0.6 is 0 Å². The molecule has 0 amide bonds. The molecule has 0 radical (unpaired) electrons. The molecule has 1 atom stereocenters. The predicted molar refractivity (Wildman–Crippen MR) is 113 cm³/mol. The summed E-state index contributed by atoms with van der Waals surface area (Å²) in [4.78, 5) is 10.8. The number of hydrogen-bond acceptors (Lipinski definition) is 8. The van der Waals surface area contributed by atoms with Crippen LogP contribution in [0.25, 0.3) is 0 Å². The number of nitrogen functional groups attached to an aromatic ring is 1. The van der Waals surface area contributed by atoms with Crippen molar-refractivity contribution < 1.29 is 14.2 Å². The van der Waals surface area contributed by atoms with Crippen molar-refractivity contribution in [2.24, 2.45) is 0 Å². The minimum absolute atomic E-state index is 0.110. The van der Waals surface area contributed by atoms with Gasteiger partial charge in [-0.1, -0.05) is 0 Å². The third-order valence-corrected chi connectivity index (χ3v) is 4.69. The van der Waals surface area contributed by atoms with Gasteiger partial charge in [0.25, 0.3) is 0 Å². The Morgan fingerprint density at radius 1 is 1.34 bits per heavy atom. The number of nitrogens with zero attached hydrogens (tertiary/aromatic N) is 3. The molecule has 1 aromatic heterocycles. The molecule has 2 heterocycles. The van der Waals surface area contributed by atoms with Crippen LogP contribution in [0.1, 0.15) is 32.0 Å². The predicted octanol–water partition coefficient (Wildman–Crippen LogP) is 2.50. The maximum absolute atomic E-state index is 8.67. The molecule has 0 bridgehead atoms. The summed E-state index contributed by atoms with van der Waals surface area (Å²) in [6.07, 6.45) is 1.37. The minimum atomic E-state index is -0.244. The summed E-state index contributed by atoms with van der Waals surface area (Å²) in [5.41, 5.74) is 7.69. The molecule has 0 unspecified atom stereocenters. The first kappa shape index (κ1) is 21.0. The van der Waals surface area contributed by atoms with Crippen LogP contribution in [0.15, 0.2) is 30.6 Å². The van der Waals surface area contributed by atoms with E-state index in [2.05, 4.69) is 28.7 Å². The summed E-state index contributed by atoms with van der Waals surface area (Å²) in [7, 11) is 1.63. The van der Waals surface area contributed by atoms with E-state index in [0.29, 0.717) is 35.9 Å². The van der Waals surface area contributed by atoms with Crippen molar-refractivity contribution in [2.75, 3.05) is 44.0 Å². The monoisotopic (exact) mass is 399 g/mol. The molecule has 1 fully saturated rings. The van der Waals surface area contributed by atoms with E-state index in [1.807, 2.05) is 13.0 Å². The van der Waals surface area contributed by atoms with Crippen LogP contribution in [0.4, 0.5) is 11.5 Å². The molecule has 156 valence electrons. The van der Waals surface area contributed by atoms with Crippen LogP contribution < -0.4 is 15.4 Å². The first-order chi connectivity index (χ1) is 13.8. The van der Waals surface area contributed by atoms with E-state index in [4.69, 9.17) is 25.4 Å². The lowest BCUT2D eigenvalue weighted by Crippen LogP contribution is -2.48. The number of ether oxygens (including phenoxy) is 3. The quantitative estimate of drug-likeness (QED) is 0.544. The van der Waals surface area contributed by atoms with Gasteiger partial charge in [0, 0.05) is 37.5 Å². The van der Waals surface area contributed by atoms with Crippen molar-refractivity contribution in [3.8, 4) is 5.75 Å². The zero-order valence-corrected chi connectivity index (χ0v) is 17.4. The Morgan fingerprint density at radius 2 is 2.14 bits per heavy atom. The van der Waals surface area contributed by atoms with E-state index < -0.39 is 0 Å². The maximum Gasteiger partial charge on any atom is 0.132 e. The summed E-state index contributed by atoms with van der Waals surface area (Å²) in [5.74, 6) is 1.41. The van der Waals surface area contributed by atoms with Gasteiger partial charge in [-0.25, -0.2) is 9.97 Å². The zero-order valence-electron chi connectivity index (χ0n) is 17.4. The highest BCUT2D eigenvalue weighted by Crippen LogP contribution is 2.25. The van der Waals surface area contributed by atoms with Gasteiger partial charge < -0.3 is 24.8 Å². The Labute approximate surface area is 171 Å². The van der Waals surface area contributed by atoms with Crippen molar-refractivity contribution >= 4 is 17.2 Å². The Balaban J connectivity index is 1.83. The standard InChI is InChI=1S/C21H29N5O3/c1-14(11-27-4)29-15-5-6-17(22)16(9-15)20(23)18-10-19(25-13-24-18)26-7-8-28-21(2,3)12-26/h5-6,9-10,13-14,23H,7-8,11-12,22H2,1-4H3/t14-/m0/s1. The van der Waals surface area contributed by atoms with E-state index in [-0.39, 0.29) is 17.4 Å². The fourth-order valence-corrected chi connectivity index (χ4v) is 3.33. The van der Waals surface area contributed by atoms with Crippen LogP contribution in [-0.4, -0.2) is 60.8 Å². The SMILES string of the molecule is COC[C@H](C)Oc1ccc(N)c(C(=N)c2cc(N3CCOC(C)(C)C3)ncn2)c1. The second kappa shape index (κ2) is 8.75. The molecule has 8 nitrogen and oxygen atoms in total.